The number of sulfonamides is 1. The molecule has 2 rings (SSSR count). The molecule has 5 N–H and O–H groups in total. The van der Waals surface area contributed by atoms with E-state index in [0.717, 1.165) is 12.8 Å². The van der Waals surface area contributed by atoms with Gasteiger partial charge in [0, 0.05) is 11.7 Å². The molecule has 132 valence electrons. The van der Waals surface area contributed by atoms with Gasteiger partial charge in [-0.25, -0.2) is 17.9 Å². The minimum atomic E-state index is -3.60. The van der Waals surface area contributed by atoms with Crippen molar-refractivity contribution in [2.24, 2.45) is 5.73 Å². The van der Waals surface area contributed by atoms with Crippen LogP contribution in [0.15, 0.2) is 29.2 Å². The maximum absolute atomic E-state index is 12.2. The molecule has 1 fully saturated rings. The Bertz CT molecular complexity index is 716. The van der Waals surface area contributed by atoms with Crippen molar-refractivity contribution in [1.29, 1.82) is 0 Å². The number of nitrogens with one attached hydrogen (secondary N) is 3. The number of primary amides is 1. The van der Waals surface area contributed by atoms with Gasteiger partial charge in [-0.15, -0.1) is 0 Å². The molecule has 0 spiro atoms. The third-order valence-electron chi connectivity index (χ3n) is 3.52. The summed E-state index contributed by atoms with van der Waals surface area (Å²) in [6.45, 7) is 1.87. The SMILES string of the molecule is CCCC(NC(N)=O)C(=O)Nc1cccc(S(=O)(=O)NC2CC2)c1. The van der Waals surface area contributed by atoms with Gasteiger partial charge in [-0.3, -0.25) is 4.79 Å². The minimum absolute atomic E-state index is 0.00180. The van der Waals surface area contributed by atoms with Crippen LogP contribution in [0.2, 0.25) is 0 Å². The Morgan fingerprint density at radius 1 is 1.33 bits per heavy atom. The number of carbonyl (C=O) groups is 2. The van der Waals surface area contributed by atoms with Gasteiger partial charge in [0.1, 0.15) is 6.04 Å². The van der Waals surface area contributed by atoms with Crippen LogP contribution in [0.4, 0.5) is 10.5 Å². The highest BCUT2D eigenvalue weighted by molar-refractivity contribution is 7.89. The molecular formula is C15H22N4O4S. The highest BCUT2D eigenvalue weighted by atomic mass is 32.2. The second-order valence-electron chi connectivity index (χ2n) is 5.76. The largest absolute Gasteiger partial charge is 0.352 e. The zero-order valence-corrected chi connectivity index (χ0v) is 14.2. The van der Waals surface area contributed by atoms with E-state index >= 15 is 0 Å². The molecular weight excluding hydrogens is 332 g/mol. The van der Waals surface area contributed by atoms with E-state index < -0.39 is 28.0 Å². The lowest BCUT2D eigenvalue weighted by atomic mass is 10.1. The molecule has 3 amide bonds. The molecule has 0 bridgehead atoms. The van der Waals surface area contributed by atoms with E-state index in [0.29, 0.717) is 18.5 Å². The van der Waals surface area contributed by atoms with Crippen LogP contribution in [0.25, 0.3) is 0 Å². The summed E-state index contributed by atoms with van der Waals surface area (Å²) in [6.07, 6.45) is 2.79. The van der Waals surface area contributed by atoms with Crippen LogP contribution in [0.1, 0.15) is 32.6 Å². The van der Waals surface area contributed by atoms with Gasteiger partial charge in [-0.2, -0.15) is 0 Å². The number of anilines is 1. The molecule has 1 atom stereocenters. The van der Waals surface area contributed by atoms with E-state index in [1.807, 2.05) is 6.92 Å². The molecule has 24 heavy (non-hydrogen) atoms. The Kier molecular flexibility index (Phi) is 5.79. The third-order valence-corrected chi connectivity index (χ3v) is 5.04. The lowest BCUT2D eigenvalue weighted by Gasteiger charge is -2.17. The van der Waals surface area contributed by atoms with Crippen LogP contribution in [0, 0.1) is 0 Å². The molecule has 1 aliphatic rings. The maximum atomic E-state index is 12.2. The quantitative estimate of drug-likeness (QED) is 0.552. The second-order valence-corrected chi connectivity index (χ2v) is 7.48. The van der Waals surface area contributed by atoms with Crippen LogP contribution in [0.5, 0.6) is 0 Å². The molecule has 0 aromatic heterocycles. The number of amides is 3. The summed E-state index contributed by atoms with van der Waals surface area (Å²) in [5.74, 6) is -0.444. The minimum Gasteiger partial charge on any atom is -0.352 e. The molecule has 1 unspecified atom stereocenters. The fourth-order valence-electron chi connectivity index (χ4n) is 2.19. The van der Waals surface area contributed by atoms with E-state index in [2.05, 4.69) is 15.4 Å². The third kappa shape index (κ3) is 5.20. The lowest BCUT2D eigenvalue weighted by Crippen LogP contribution is -2.46. The van der Waals surface area contributed by atoms with Crippen LogP contribution in [-0.2, 0) is 14.8 Å². The number of nitrogens with two attached hydrogens (primary N) is 1. The lowest BCUT2D eigenvalue weighted by molar-refractivity contribution is -0.118. The maximum Gasteiger partial charge on any atom is 0.312 e. The summed E-state index contributed by atoms with van der Waals surface area (Å²) < 4.78 is 27.0. The summed E-state index contributed by atoms with van der Waals surface area (Å²) in [6, 6.07) is 4.43. The normalized spacial score (nSPS) is 15.5. The Hall–Kier alpha value is -2.13. The fourth-order valence-corrected chi connectivity index (χ4v) is 3.54. The van der Waals surface area contributed by atoms with Gasteiger partial charge < -0.3 is 16.4 Å². The van der Waals surface area contributed by atoms with Crippen molar-refractivity contribution in [2.45, 2.75) is 49.6 Å². The summed E-state index contributed by atoms with van der Waals surface area (Å²) >= 11 is 0. The molecule has 1 saturated carbocycles. The predicted octanol–water partition coefficient (Wildman–Crippen LogP) is 0.903. The predicted molar refractivity (Wildman–Crippen MR) is 89.8 cm³/mol. The summed E-state index contributed by atoms with van der Waals surface area (Å²) in [4.78, 5) is 23.3. The van der Waals surface area contributed by atoms with E-state index in [1.165, 1.54) is 12.1 Å². The van der Waals surface area contributed by atoms with Crippen molar-refractivity contribution in [3.05, 3.63) is 24.3 Å². The first-order chi connectivity index (χ1) is 11.3. The van der Waals surface area contributed by atoms with Gasteiger partial charge >= 0.3 is 6.03 Å². The number of carbonyl (C=O) groups excluding carboxylic acids is 2. The van der Waals surface area contributed by atoms with E-state index in [-0.39, 0.29) is 10.9 Å². The molecule has 0 heterocycles. The molecule has 1 aromatic carbocycles. The van der Waals surface area contributed by atoms with Crippen molar-refractivity contribution in [2.75, 3.05) is 5.32 Å². The molecule has 1 aromatic rings. The first kappa shape index (κ1) is 18.2. The zero-order valence-electron chi connectivity index (χ0n) is 13.4. The highest BCUT2D eigenvalue weighted by Crippen LogP contribution is 2.23. The monoisotopic (exact) mass is 354 g/mol. The van der Waals surface area contributed by atoms with Crippen molar-refractivity contribution < 1.29 is 18.0 Å². The summed E-state index contributed by atoms with van der Waals surface area (Å²) in [7, 11) is -3.60. The number of urea groups is 1. The standard InChI is InChI=1S/C15H22N4O4S/c1-2-4-13(18-15(16)21)14(20)17-11-5-3-6-12(9-11)24(22,23)19-10-7-8-10/h3,5-6,9-10,13,19H,2,4,7-8H2,1H3,(H,17,20)(H3,16,18,21). The average molecular weight is 354 g/mol. The Morgan fingerprint density at radius 3 is 2.62 bits per heavy atom. The molecule has 8 nitrogen and oxygen atoms in total. The van der Waals surface area contributed by atoms with Crippen LogP contribution in [0.3, 0.4) is 0 Å². The van der Waals surface area contributed by atoms with Crippen molar-refractivity contribution in [1.82, 2.24) is 10.0 Å². The first-order valence-electron chi connectivity index (χ1n) is 7.81. The summed E-state index contributed by atoms with van der Waals surface area (Å²) in [5, 5.41) is 4.99. The molecule has 0 saturated heterocycles. The Balaban J connectivity index is 2.10. The Labute approximate surface area is 141 Å². The Morgan fingerprint density at radius 2 is 2.04 bits per heavy atom. The van der Waals surface area contributed by atoms with Crippen molar-refractivity contribution >= 4 is 27.6 Å². The average Bonchev–Trinajstić information content (AvgIpc) is 3.30. The van der Waals surface area contributed by atoms with E-state index in [9.17, 15) is 18.0 Å². The first-order valence-corrected chi connectivity index (χ1v) is 9.29. The topological polar surface area (TPSA) is 130 Å². The van der Waals surface area contributed by atoms with Gasteiger partial charge in [0.2, 0.25) is 15.9 Å². The number of hydrogen-bond donors (Lipinski definition) is 4. The van der Waals surface area contributed by atoms with Gasteiger partial charge in [0.05, 0.1) is 4.90 Å². The molecule has 0 radical (unpaired) electrons. The van der Waals surface area contributed by atoms with Crippen molar-refractivity contribution in [3.8, 4) is 0 Å². The highest BCUT2D eigenvalue weighted by Gasteiger charge is 2.28. The van der Waals surface area contributed by atoms with Crippen LogP contribution < -0.4 is 21.1 Å². The van der Waals surface area contributed by atoms with Gasteiger partial charge in [-0.1, -0.05) is 19.4 Å². The molecule has 1 aliphatic carbocycles. The summed E-state index contributed by atoms with van der Waals surface area (Å²) in [5.41, 5.74) is 5.41. The number of rotatable bonds is 8. The number of hydrogen-bond acceptors (Lipinski definition) is 4. The van der Waals surface area contributed by atoms with Gasteiger partial charge in [-0.05, 0) is 37.5 Å². The smallest absolute Gasteiger partial charge is 0.312 e. The van der Waals surface area contributed by atoms with E-state index in [1.54, 1.807) is 12.1 Å². The van der Waals surface area contributed by atoms with Gasteiger partial charge in [0.25, 0.3) is 0 Å². The fraction of sp³-hybridized carbons (Fsp3) is 0.467. The number of benzene rings is 1. The van der Waals surface area contributed by atoms with Crippen LogP contribution >= 0.6 is 0 Å². The second kappa shape index (κ2) is 7.63. The van der Waals surface area contributed by atoms with Gasteiger partial charge in [0.15, 0.2) is 0 Å². The molecule has 0 aliphatic heterocycles. The van der Waals surface area contributed by atoms with Crippen molar-refractivity contribution in [3.63, 3.8) is 0 Å². The van der Waals surface area contributed by atoms with E-state index in [4.69, 9.17) is 5.73 Å². The zero-order chi connectivity index (χ0) is 17.7. The van der Waals surface area contributed by atoms with Crippen LogP contribution in [-0.4, -0.2) is 32.4 Å². The molecule has 9 heteroatoms.